The third-order valence-corrected chi connectivity index (χ3v) is 6.20. The highest BCUT2D eigenvalue weighted by atomic mass is 28.3. The maximum absolute atomic E-state index is 12.6. The van der Waals surface area contributed by atoms with Crippen LogP contribution in [0, 0.1) is 5.92 Å². The SMILES string of the molecule is C[Si](C)(C)CCOCn1cncc1C(=O)[C@@H](N)C[C@@H]1CCCC1=O. The lowest BCUT2D eigenvalue weighted by Gasteiger charge is -2.17. The number of aromatic nitrogens is 2. The van der Waals surface area contributed by atoms with E-state index in [9.17, 15) is 9.59 Å². The molecule has 0 saturated heterocycles. The Balaban J connectivity index is 1.88. The summed E-state index contributed by atoms with van der Waals surface area (Å²) in [6.07, 6.45) is 5.93. The second-order valence-electron chi connectivity index (χ2n) is 7.86. The van der Waals surface area contributed by atoms with Crippen molar-refractivity contribution in [3.05, 3.63) is 18.2 Å². The summed E-state index contributed by atoms with van der Waals surface area (Å²) in [5, 5.41) is 0. The quantitative estimate of drug-likeness (QED) is 0.419. The van der Waals surface area contributed by atoms with E-state index in [1.54, 1.807) is 10.9 Å². The summed E-state index contributed by atoms with van der Waals surface area (Å²) >= 11 is 0. The van der Waals surface area contributed by atoms with Gasteiger partial charge in [-0.05, 0) is 25.3 Å². The molecule has 1 aliphatic carbocycles. The van der Waals surface area contributed by atoms with Gasteiger partial charge in [0.05, 0.1) is 18.6 Å². The van der Waals surface area contributed by atoms with E-state index >= 15 is 0 Å². The van der Waals surface area contributed by atoms with Crippen LogP contribution < -0.4 is 5.73 Å². The molecule has 1 fully saturated rings. The Labute approximate surface area is 144 Å². The van der Waals surface area contributed by atoms with Gasteiger partial charge in [-0.3, -0.25) is 9.59 Å². The predicted molar refractivity (Wildman–Crippen MR) is 95.6 cm³/mol. The van der Waals surface area contributed by atoms with Gasteiger partial charge in [0.25, 0.3) is 0 Å². The summed E-state index contributed by atoms with van der Waals surface area (Å²) in [4.78, 5) is 28.4. The first kappa shape index (κ1) is 19.0. The molecule has 2 rings (SSSR count). The molecule has 134 valence electrons. The molecule has 2 N–H and O–H groups in total. The van der Waals surface area contributed by atoms with E-state index in [4.69, 9.17) is 10.5 Å². The summed E-state index contributed by atoms with van der Waals surface area (Å²) in [5.74, 6) is 0.00995. The van der Waals surface area contributed by atoms with Gasteiger partial charge in [-0.1, -0.05) is 19.6 Å². The first-order valence-electron chi connectivity index (χ1n) is 8.68. The molecule has 1 heterocycles. The molecule has 24 heavy (non-hydrogen) atoms. The van der Waals surface area contributed by atoms with Crippen molar-refractivity contribution in [1.29, 1.82) is 0 Å². The number of carbonyl (C=O) groups excluding carboxylic acids is 2. The van der Waals surface area contributed by atoms with E-state index in [2.05, 4.69) is 24.6 Å². The maximum Gasteiger partial charge on any atom is 0.197 e. The van der Waals surface area contributed by atoms with Crippen LogP contribution in [0.3, 0.4) is 0 Å². The van der Waals surface area contributed by atoms with Crippen molar-refractivity contribution in [3.63, 3.8) is 0 Å². The number of Topliss-reactive ketones (excluding diaryl/α,β-unsaturated/α-hetero) is 2. The van der Waals surface area contributed by atoms with Gasteiger partial charge in [-0.2, -0.15) is 0 Å². The van der Waals surface area contributed by atoms with Crippen molar-refractivity contribution >= 4 is 19.6 Å². The molecule has 0 spiro atoms. The number of ketones is 2. The molecule has 0 aliphatic heterocycles. The van der Waals surface area contributed by atoms with E-state index in [-0.39, 0.29) is 17.5 Å². The van der Waals surface area contributed by atoms with Gasteiger partial charge < -0.3 is 15.0 Å². The molecule has 1 saturated carbocycles. The van der Waals surface area contributed by atoms with Gasteiger partial charge in [0.2, 0.25) is 0 Å². The van der Waals surface area contributed by atoms with Crippen LogP contribution in [-0.2, 0) is 16.3 Å². The summed E-state index contributed by atoms with van der Waals surface area (Å²) in [6.45, 7) is 7.88. The summed E-state index contributed by atoms with van der Waals surface area (Å²) < 4.78 is 7.38. The molecular formula is C17H29N3O3Si. The smallest absolute Gasteiger partial charge is 0.197 e. The Hall–Kier alpha value is -1.31. The number of rotatable bonds is 9. The monoisotopic (exact) mass is 351 g/mol. The number of hydrogen-bond donors (Lipinski definition) is 1. The fourth-order valence-corrected chi connectivity index (χ4v) is 3.67. The highest BCUT2D eigenvalue weighted by molar-refractivity contribution is 6.76. The third kappa shape index (κ3) is 5.36. The Kier molecular flexibility index (Phi) is 6.48. The van der Waals surface area contributed by atoms with Crippen LogP contribution >= 0.6 is 0 Å². The van der Waals surface area contributed by atoms with Gasteiger partial charge in [0.1, 0.15) is 18.2 Å². The third-order valence-electron chi connectivity index (χ3n) is 4.50. The molecule has 7 heteroatoms. The molecule has 0 bridgehead atoms. The number of hydrogen-bond acceptors (Lipinski definition) is 5. The minimum absolute atomic E-state index is 0.0617. The number of imidazole rings is 1. The average molecular weight is 352 g/mol. The predicted octanol–water partition coefficient (Wildman–Crippen LogP) is 2.46. The van der Waals surface area contributed by atoms with Crippen molar-refractivity contribution < 1.29 is 14.3 Å². The van der Waals surface area contributed by atoms with Crippen molar-refractivity contribution in [3.8, 4) is 0 Å². The maximum atomic E-state index is 12.6. The lowest BCUT2D eigenvalue weighted by molar-refractivity contribution is -0.120. The second-order valence-corrected chi connectivity index (χ2v) is 13.5. The zero-order chi connectivity index (χ0) is 17.7. The number of carbonyl (C=O) groups is 2. The van der Waals surface area contributed by atoms with E-state index in [0.29, 0.717) is 31.9 Å². The highest BCUT2D eigenvalue weighted by Gasteiger charge is 2.29. The van der Waals surface area contributed by atoms with Crippen molar-refractivity contribution in [2.24, 2.45) is 11.7 Å². The van der Waals surface area contributed by atoms with Gasteiger partial charge in [-0.15, -0.1) is 0 Å². The number of nitrogens with zero attached hydrogens (tertiary/aromatic N) is 2. The van der Waals surface area contributed by atoms with E-state index in [1.807, 2.05) is 0 Å². The Bertz CT molecular complexity index is 580. The minimum atomic E-state index is -1.13. The first-order chi connectivity index (χ1) is 11.3. The molecule has 0 aromatic carbocycles. The average Bonchev–Trinajstić information content (AvgIpc) is 3.11. The topological polar surface area (TPSA) is 87.2 Å². The second kappa shape index (κ2) is 8.18. The molecule has 0 unspecified atom stereocenters. The molecule has 6 nitrogen and oxygen atoms in total. The normalized spacial score (nSPS) is 19.7. The minimum Gasteiger partial charge on any atom is -0.361 e. The van der Waals surface area contributed by atoms with E-state index in [1.165, 1.54) is 6.20 Å². The zero-order valence-corrected chi connectivity index (χ0v) is 16.0. The largest absolute Gasteiger partial charge is 0.361 e. The van der Waals surface area contributed by atoms with Crippen molar-refractivity contribution in [2.75, 3.05) is 6.61 Å². The Morgan fingerprint density at radius 2 is 2.25 bits per heavy atom. The van der Waals surface area contributed by atoms with Crippen LogP contribution in [0.1, 0.15) is 36.2 Å². The van der Waals surface area contributed by atoms with Crippen LogP contribution in [0.2, 0.25) is 25.7 Å². The van der Waals surface area contributed by atoms with Crippen LogP contribution in [0.25, 0.3) is 0 Å². The van der Waals surface area contributed by atoms with E-state index in [0.717, 1.165) is 18.9 Å². The fourth-order valence-electron chi connectivity index (χ4n) is 2.91. The molecule has 0 amide bonds. The van der Waals surface area contributed by atoms with Gasteiger partial charge in [0, 0.05) is 27.0 Å². The molecule has 1 aromatic rings. The molecule has 1 aromatic heterocycles. The van der Waals surface area contributed by atoms with Gasteiger partial charge in [0.15, 0.2) is 5.78 Å². The van der Waals surface area contributed by atoms with Crippen molar-refractivity contribution in [2.45, 2.75) is 64.1 Å². The fraction of sp³-hybridized carbons (Fsp3) is 0.706. The van der Waals surface area contributed by atoms with E-state index < -0.39 is 14.1 Å². The van der Waals surface area contributed by atoms with Crippen LogP contribution in [0.5, 0.6) is 0 Å². The Morgan fingerprint density at radius 1 is 1.50 bits per heavy atom. The number of ether oxygens (including phenoxy) is 1. The molecular weight excluding hydrogens is 322 g/mol. The molecule has 0 radical (unpaired) electrons. The number of nitrogens with two attached hydrogens (primary N) is 1. The summed E-state index contributed by atoms with van der Waals surface area (Å²) in [7, 11) is -1.13. The van der Waals surface area contributed by atoms with Crippen LogP contribution in [-0.4, -0.2) is 41.8 Å². The van der Waals surface area contributed by atoms with Gasteiger partial charge in [-0.25, -0.2) is 4.98 Å². The van der Waals surface area contributed by atoms with Crippen molar-refractivity contribution in [1.82, 2.24) is 9.55 Å². The van der Waals surface area contributed by atoms with Crippen LogP contribution in [0.4, 0.5) is 0 Å². The van der Waals surface area contributed by atoms with Crippen LogP contribution in [0.15, 0.2) is 12.5 Å². The lowest BCUT2D eigenvalue weighted by Crippen LogP contribution is -2.35. The zero-order valence-electron chi connectivity index (χ0n) is 15.0. The molecule has 1 aliphatic rings. The summed E-state index contributed by atoms with van der Waals surface area (Å²) in [5.41, 5.74) is 6.51. The standard InChI is InChI=1S/C17H29N3O3Si/c1-24(2,3)8-7-23-12-20-11-19-10-15(20)17(22)14(18)9-13-5-4-6-16(13)21/h10-11,13-14H,4-9,12,18H2,1-3H3/t13-,14-/m0/s1. The Morgan fingerprint density at radius 3 is 2.88 bits per heavy atom. The lowest BCUT2D eigenvalue weighted by atomic mass is 9.95. The van der Waals surface area contributed by atoms with Gasteiger partial charge >= 0.3 is 0 Å². The molecule has 2 atom stereocenters. The first-order valence-corrected chi connectivity index (χ1v) is 12.4. The highest BCUT2D eigenvalue weighted by Crippen LogP contribution is 2.25. The summed E-state index contributed by atoms with van der Waals surface area (Å²) in [6, 6.07) is 0.420.